The summed E-state index contributed by atoms with van der Waals surface area (Å²) >= 11 is 0. The van der Waals surface area contributed by atoms with Crippen LogP contribution in [0.4, 0.5) is 0 Å². The summed E-state index contributed by atoms with van der Waals surface area (Å²) < 4.78 is 2.11. The molecule has 0 radical (unpaired) electrons. The van der Waals surface area contributed by atoms with E-state index in [-0.39, 0.29) is 5.91 Å². The zero-order valence-electron chi connectivity index (χ0n) is 12.9. The summed E-state index contributed by atoms with van der Waals surface area (Å²) in [6.07, 6.45) is 5.63. The Kier molecular flexibility index (Phi) is 3.95. The third-order valence-electron chi connectivity index (χ3n) is 4.43. The van der Waals surface area contributed by atoms with Crippen LogP contribution in [0.5, 0.6) is 0 Å². The molecule has 2 heterocycles. The van der Waals surface area contributed by atoms with Crippen LogP contribution >= 0.6 is 0 Å². The molecule has 4 heteroatoms. The molecule has 2 aromatic rings. The molecule has 1 saturated heterocycles. The van der Waals surface area contributed by atoms with E-state index in [4.69, 9.17) is 0 Å². The lowest BCUT2D eigenvalue weighted by Crippen LogP contribution is -2.31. The van der Waals surface area contributed by atoms with Crippen LogP contribution in [0.15, 0.2) is 18.2 Å². The molecular formula is C17H23N3O. The Labute approximate surface area is 125 Å². The van der Waals surface area contributed by atoms with Crippen molar-refractivity contribution in [3.63, 3.8) is 0 Å². The van der Waals surface area contributed by atoms with Crippen LogP contribution in [0, 0.1) is 0 Å². The summed E-state index contributed by atoms with van der Waals surface area (Å²) in [5, 5.41) is 0. The summed E-state index contributed by atoms with van der Waals surface area (Å²) in [5.41, 5.74) is 2.79. The van der Waals surface area contributed by atoms with Gasteiger partial charge in [-0.05, 0) is 31.0 Å². The minimum absolute atomic E-state index is 0.155. The van der Waals surface area contributed by atoms with E-state index in [9.17, 15) is 4.79 Å². The summed E-state index contributed by atoms with van der Waals surface area (Å²) in [5.74, 6) is 1.21. The first-order valence-corrected chi connectivity index (χ1v) is 7.95. The molecule has 1 aliphatic heterocycles. The highest BCUT2D eigenvalue weighted by molar-refractivity contribution is 5.97. The second kappa shape index (κ2) is 5.88. The lowest BCUT2D eigenvalue weighted by atomic mass is 10.1. The van der Waals surface area contributed by atoms with Gasteiger partial charge >= 0.3 is 0 Å². The summed E-state index contributed by atoms with van der Waals surface area (Å²) in [6, 6.07) is 5.91. The fraction of sp³-hybridized carbons (Fsp3) is 0.529. The first-order valence-electron chi connectivity index (χ1n) is 7.95. The maximum atomic E-state index is 12.6. The van der Waals surface area contributed by atoms with Gasteiger partial charge in [0.25, 0.3) is 5.91 Å². The summed E-state index contributed by atoms with van der Waals surface area (Å²) in [7, 11) is 2.03. The third-order valence-corrected chi connectivity index (χ3v) is 4.43. The number of rotatable bonds is 2. The number of fused-ring (bicyclic) bond motifs is 1. The van der Waals surface area contributed by atoms with Crippen molar-refractivity contribution in [2.75, 3.05) is 13.1 Å². The maximum absolute atomic E-state index is 12.6. The second-order valence-electron chi connectivity index (χ2n) is 5.85. The predicted molar refractivity (Wildman–Crippen MR) is 84.5 cm³/mol. The van der Waals surface area contributed by atoms with Crippen LogP contribution in [0.3, 0.4) is 0 Å². The molecule has 0 aliphatic carbocycles. The maximum Gasteiger partial charge on any atom is 0.253 e. The van der Waals surface area contributed by atoms with Gasteiger partial charge in [0, 0.05) is 32.1 Å². The van der Waals surface area contributed by atoms with E-state index in [0.717, 1.165) is 54.8 Å². The number of imidazole rings is 1. The van der Waals surface area contributed by atoms with Crippen LogP contribution in [-0.2, 0) is 13.5 Å². The third kappa shape index (κ3) is 2.67. The molecule has 1 aromatic heterocycles. The van der Waals surface area contributed by atoms with Gasteiger partial charge in [-0.1, -0.05) is 19.8 Å². The van der Waals surface area contributed by atoms with E-state index >= 15 is 0 Å². The zero-order chi connectivity index (χ0) is 14.8. The summed E-state index contributed by atoms with van der Waals surface area (Å²) in [6.45, 7) is 3.88. The predicted octanol–water partition coefficient (Wildman–Crippen LogP) is 3.15. The Balaban J connectivity index is 1.91. The van der Waals surface area contributed by atoms with E-state index in [1.165, 1.54) is 12.8 Å². The average Bonchev–Trinajstić information content (AvgIpc) is 2.70. The number of hydrogen-bond acceptors (Lipinski definition) is 2. The second-order valence-corrected chi connectivity index (χ2v) is 5.85. The Morgan fingerprint density at radius 1 is 1.19 bits per heavy atom. The lowest BCUT2D eigenvalue weighted by molar-refractivity contribution is 0.0762. The van der Waals surface area contributed by atoms with Crippen molar-refractivity contribution in [3.05, 3.63) is 29.6 Å². The van der Waals surface area contributed by atoms with Crippen LogP contribution in [0.2, 0.25) is 0 Å². The first-order chi connectivity index (χ1) is 10.2. The molecule has 112 valence electrons. The number of carbonyl (C=O) groups is 1. The fourth-order valence-electron chi connectivity index (χ4n) is 3.16. The highest BCUT2D eigenvalue weighted by Crippen LogP contribution is 2.19. The highest BCUT2D eigenvalue weighted by atomic mass is 16.2. The monoisotopic (exact) mass is 285 g/mol. The molecule has 0 spiro atoms. The van der Waals surface area contributed by atoms with E-state index in [2.05, 4.69) is 16.5 Å². The van der Waals surface area contributed by atoms with Crippen molar-refractivity contribution in [2.45, 2.75) is 39.0 Å². The molecule has 0 atom stereocenters. The van der Waals surface area contributed by atoms with Gasteiger partial charge in [0.05, 0.1) is 11.0 Å². The smallest absolute Gasteiger partial charge is 0.253 e. The van der Waals surface area contributed by atoms with E-state index < -0.39 is 0 Å². The van der Waals surface area contributed by atoms with Crippen molar-refractivity contribution in [1.29, 1.82) is 0 Å². The number of nitrogens with zero attached hydrogens (tertiary/aromatic N) is 3. The van der Waals surface area contributed by atoms with Gasteiger partial charge in [-0.2, -0.15) is 0 Å². The zero-order valence-corrected chi connectivity index (χ0v) is 12.9. The van der Waals surface area contributed by atoms with Crippen LogP contribution in [0.1, 0.15) is 48.8 Å². The number of carbonyl (C=O) groups excluding carboxylic acids is 1. The SMILES string of the molecule is CCc1nc2cc(C(=O)N3CCCCCC3)ccc2n1C. The van der Waals surface area contributed by atoms with Crippen molar-refractivity contribution < 1.29 is 4.79 Å². The largest absolute Gasteiger partial charge is 0.339 e. The Bertz CT molecular complexity index is 651. The highest BCUT2D eigenvalue weighted by Gasteiger charge is 2.18. The standard InChI is InChI=1S/C17H23N3O/c1-3-16-18-14-12-13(8-9-15(14)19(16)2)17(21)20-10-6-4-5-7-11-20/h8-9,12H,3-7,10-11H2,1-2H3. The van der Waals surface area contributed by atoms with Gasteiger partial charge in [-0.25, -0.2) is 4.98 Å². The topological polar surface area (TPSA) is 38.1 Å². The molecule has 1 aromatic carbocycles. The first kappa shape index (κ1) is 14.1. The van der Waals surface area contributed by atoms with Crippen molar-refractivity contribution in [3.8, 4) is 0 Å². The molecule has 21 heavy (non-hydrogen) atoms. The normalized spacial score (nSPS) is 16.2. The van der Waals surface area contributed by atoms with Gasteiger partial charge in [0.2, 0.25) is 0 Å². The van der Waals surface area contributed by atoms with Crippen molar-refractivity contribution >= 4 is 16.9 Å². The number of hydrogen-bond donors (Lipinski definition) is 0. The molecule has 3 rings (SSSR count). The molecule has 4 nitrogen and oxygen atoms in total. The lowest BCUT2D eigenvalue weighted by Gasteiger charge is -2.20. The number of benzene rings is 1. The van der Waals surface area contributed by atoms with Crippen LogP contribution in [-0.4, -0.2) is 33.4 Å². The van der Waals surface area contributed by atoms with Gasteiger partial charge in [0.15, 0.2) is 0 Å². The minimum atomic E-state index is 0.155. The van der Waals surface area contributed by atoms with Gasteiger partial charge in [-0.15, -0.1) is 0 Å². The molecule has 1 fully saturated rings. The van der Waals surface area contributed by atoms with Crippen LogP contribution < -0.4 is 0 Å². The average molecular weight is 285 g/mol. The van der Waals surface area contributed by atoms with E-state index in [1.54, 1.807) is 0 Å². The Hall–Kier alpha value is -1.84. The molecule has 0 bridgehead atoms. The number of amides is 1. The van der Waals surface area contributed by atoms with Gasteiger partial charge in [-0.3, -0.25) is 4.79 Å². The molecule has 1 aliphatic rings. The molecular weight excluding hydrogens is 262 g/mol. The van der Waals surface area contributed by atoms with E-state index in [0.29, 0.717) is 0 Å². The Morgan fingerprint density at radius 3 is 2.57 bits per heavy atom. The molecule has 0 N–H and O–H groups in total. The van der Waals surface area contributed by atoms with Crippen molar-refractivity contribution in [2.24, 2.45) is 7.05 Å². The van der Waals surface area contributed by atoms with Crippen molar-refractivity contribution in [1.82, 2.24) is 14.5 Å². The molecule has 0 saturated carbocycles. The number of aryl methyl sites for hydroxylation is 2. The van der Waals surface area contributed by atoms with E-state index in [1.807, 2.05) is 30.1 Å². The summed E-state index contributed by atoms with van der Waals surface area (Å²) in [4.78, 5) is 19.3. The molecule has 0 unspecified atom stereocenters. The fourth-order valence-corrected chi connectivity index (χ4v) is 3.16. The number of likely N-dealkylation sites (tertiary alicyclic amines) is 1. The minimum Gasteiger partial charge on any atom is -0.339 e. The molecule has 1 amide bonds. The quantitative estimate of drug-likeness (QED) is 0.850. The van der Waals surface area contributed by atoms with Gasteiger partial charge in [0.1, 0.15) is 5.82 Å². The Morgan fingerprint density at radius 2 is 1.90 bits per heavy atom. The van der Waals surface area contributed by atoms with Crippen LogP contribution in [0.25, 0.3) is 11.0 Å². The number of aromatic nitrogens is 2. The van der Waals surface area contributed by atoms with Gasteiger partial charge < -0.3 is 9.47 Å².